The Balaban J connectivity index is 2.24. The molecule has 0 saturated heterocycles. The van der Waals surface area contributed by atoms with Gasteiger partial charge in [0.25, 0.3) is 5.22 Å². The molecule has 16 heavy (non-hydrogen) atoms. The zero-order chi connectivity index (χ0) is 11.5. The Morgan fingerprint density at radius 1 is 1.38 bits per heavy atom. The van der Waals surface area contributed by atoms with E-state index in [9.17, 15) is 0 Å². The van der Waals surface area contributed by atoms with Crippen molar-refractivity contribution >= 4 is 27.7 Å². The molecule has 84 valence electrons. The molecule has 2 heterocycles. The normalized spacial score (nSPS) is 10.7. The van der Waals surface area contributed by atoms with Gasteiger partial charge in [0.05, 0.1) is 5.69 Å². The first-order valence-corrected chi connectivity index (χ1v) is 6.41. The van der Waals surface area contributed by atoms with Crippen molar-refractivity contribution in [3.8, 4) is 0 Å². The number of nitrogens with zero attached hydrogens (tertiary/aromatic N) is 3. The first-order chi connectivity index (χ1) is 7.67. The van der Waals surface area contributed by atoms with Gasteiger partial charge in [-0.25, -0.2) is 15.0 Å². The molecule has 0 spiro atoms. The first kappa shape index (κ1) is 11.6. The van der Waals surface area contributed by atoms with Crippen LogP contribution in [-0.4, -0.2) is 15.0 Å². The number of hydrogen-bond donors (Lipinski definition) is 0. The van der Waals surface area contributed by atoms with Crippen LogP contribution < -0.4 is 0 Å². The smallest absolute Gasteiger partial charge is 0.262 e. The maximum absolute atomic E-state index is 5.26. The Morgan fingerprint density at radius 3 is 2.81 bits per heavy atom. The number of halogens is 1. The summed E-state index contributed by atoms with van der Waals surface area (Å²) in [6, 6.07) is 1.85. The van der Waals surface area contributed by atoms with Gasteiger partial charge in [0.2, 0.25) is 0 Å². The number of hydrogen-bond acceptors (Lipinski definition) is 5. The molecule has 0 aliphatic heterocycles. The highest BCUT2D eigenvalue weighted by Gasteiger charge is 2.07. The van der Waals surface area contributed by atoms with E-state index in [1.54, 1.807) is 6.26 Å². The maximum atomic E-state index is 5.26. The van der Waals surface area contributed by atoms with Gasteiger partial charge in [-0.1, -0.05) is 6.92 Å². The van der Waals surface area contributed by atoms with Crippen molar-refractivity contribution in [2.75, 3.05) is 0 Å². The van der Waals surface area contributed by atoms with Crippen LogP contribution in [0.25, 0.3) is 0 Å². The van der Waals surface area contributed by atoms with Crippen molar-refractivity contribution in [2.45, 2.75) is 30.5 Å². The maximum Gasteiger partial charge on any atom is 0.262 e. The zero-order valence-electron chi connectivity index (χ0n) is 8.90. The van der Waals surface area contributed by atoms with Crippen LogP contribution in [0.4, 0.5) is 0 Å². The summed E-state index contributed by atoms with van der Waals surface area (Å²) in [5.41, 5.74) is 0.867. The lowest BCUT2D eigenvalue weighted by Crippen LogP contribution is -1.94. The van der Waals surface area contributed by atoms with Crippen molar-refractivity contribution in [3.63, 3.8) is 0 Å². The number of aromatic nitrogens is 3. The Morgan fingerprint density at radius 2 is 2.19 bits per heavy atom. The molecule has 0 saturated carbocycles. The predicted molar refractivity (Wildman–Crippen MR) is 64.5 cm³/mol. The molecule has 0 N–H and O–H groups in total. The van der Waals surface area contributed by atoms with Crippen LogP contribution in [0.5, 0.6) is 0 Å². The zero-order valence-corrected chi connectivity index (χ0v) is 11.3. The van der Waals surface area contributed by atoms with E-state index in [0.29, 0.717) is 5.22 Å². The van der Waals surface area contributed by atoms with E-state index in [4.69, 9.17) is 4.42 Å². The van der Waals surface area contributed by atoms with Gasteiger partial charge in [0.1, 0.15) is 21.7 Å². The van der Waals surface area contributed by atoms with Crippen LogP contribution in [0.2, 0.25) is 0 Å². The Bertz CT molecular complexity index is 501. The summed E-state index contributed by atoms with van der Waals surface area (Å²) in [4.78, 5) is 12.8. The number of aryl methyl sites for hydroxylation is 2. The largest absolute Gasteiger partial charge is 0.439 e. The second kappa shape index (κ2) is 4.97. The number of oxazole rings is 1. The molecular weight excluding hydrogens is 290 g/mol. The van der Waals surface area contributed by atoms with Gasteiger partial charge in [-0.05, 0) is 34.6 Å². The lowest BCUT2D eigenvalue weighted by Gasteiger charge is -2.00. The quantitative estimate of drug-likeness (QED) is 0.814. The second-order valence-corrected chi connectivity index (χ2v) is 4.94. The summed E-state index contributed by atoms with van der Waals surface area (Å²) in [6.07, 6.45) is 2.43. The van der Waals surface area contributed by atoms with Crippen LogP contribution in [0.3, 0.4) is 0 Å². The van der Waals surface area contributed by atoms with Crippen LogP contribution in [-0.2, 0) is 6.42 Å². The number of rotatable bonds is 3. The fraction of sp³-hybridized carbons (Fsp3) is 0.300. The summed E-state index contributed by atoms with van der Waals surface area (Å²) in [5, 5.41) is 1.44. The summed E-state index contributed by atoms with van der Waals surface area (Å²) in [7, 11) is 0. The molecule has 4 nitrogen and oxygen atoms in total. The summed E-state index contributed by atoms with van der Waals surface area (Å²) < 4.78 is 6.04. The third-order valence-corrected chi connectivity index (χ3v) is 3.01. The predicted octanol–water partition coefficient (Wildman–Crippen LogP) is 3.25. The van der Waals surface area contributed by atoms with Crippen LogP contribution in [0, 0.1) is 6.92 Å². The van der Waals surface area contributed by atoms with Crippen molar-refractivity contribution < 1.29 is 4.42 Å². The average molecular weight is 300 g/mol. The molecule has 0 radical (unpaired) electrons. The van der Waals surface area contributed by atoms with Crippen molar-refractivity contribution in [2.24, 2.45) is 0 Å². The lowest BCUT2D eigenvalue weighted by atomic mass is 10.4. The second-order valence-electron chi connectivity index (χ2n) is 3.16. The van der Waals surface area contributed by atoms with E-state index in [0.717, 1.165) is 27.6 Å². The molecule has 2 aromatic heterocycles. The highest BCUT2D eigenvalue weighted by Crippen LogP contribution is 2.26. The van der Waals surface area contributed by atoms with Gasteiger partial charge >= 0.3 is 0 Å². The minimum atomic E-state index is 0.602. The summed E-state index contributed by atoms with van der Waals surface area (Å²) in [6.45, 7) is 3.91. The lowest BCUT2D eigenvalue weighted by molar-refractivity contribution is 0.453. The average Bonchev–Trinajstić information content (AvgIpc) is 2.63. The Kier molecular flexibility index (Phi) is 3.60. The minimum Gasteiger partial charge on any atom is -0.439 e. The third kappa shape index (κ3) is 2.82. The molecule has 0 atom stereocenters. The molecule has 0 fully saturated rings. The fourth-order valence-corrected chi connectivity index (χ4v) is 2.48. The molecule has 0 aliphatic rings. The van der Waals surface area contributed by atoms with E-state index in [1.807, 2.05) is 19.9 Å². The topological polar surface area (TPSA) is 51.8 Å². The van der Waals surface area contributed by atoms with Crippen LogP contribution in [0.1, 0.15) is 18.4 Å². The molecule has 0 amide bonds. The van der Waals surface area contributed by atoms with Gasteiger partial charge in [-0.3, -0.25) is 0 Å². The Labute approximate surface area is 106 Å². The van der Waals surface area contributed by atoms with E-state index in [1.165, 1.54) is 11.8 Å². The molecule has 0 unspecified atom stereocenters. The van der Waals surface area contributed by atoms with E-state index in [2.05, 4.69) is 30.9 Å². The van der Waals surface area contributed by atoms with Crippen LogP contribution in [0.15, 0.2) is 31.6 Å². The SMILES string of the molecule is CCc1nc(Br)cc(Sc2nc(C)co2)n1. The van der Waals surface area contributed by atoms with Gasteiger partial charge in [0.15, 0.2) is 0 Å². The highest BCUT2D eigenvalue weighted by atomic mass is 79.9. The highest BCUT2D eigenvalue weighted by molar-refractivity contribution is 9.10. The van der Waals surface area contributed by atoms with Gasteiger partial charge in [-0.15, -0.1) is 0 Å². The molecule has 2 aromatic rings. The summed E-state index contributed by atoms with van der Waals surface area (Å²) in [5.74, 6) is 0.806. The van der Waals surface area contributed by atoms with E-state index < -0.39 is 0 Å². The van der Waals surface area contributed by atoms with Crippen molar-refractivity contribution in [1.29, 1.82) is 0 Å². The van der Waals surface area contributed by atoms with Gasteiger partial charge < -0.3 is 4.42 Å². The van der Waals surface area contributed by atoms with Crippen molar-refractivity contribution in [1.82, 2.24) is 15.0 Å². The van der Waals surface area contributed by atoms with Gasteiger partial charge in [-0.2, -0.15) is 0 Å². The van der Waals surface area contributed by atoms with Crippen molar-refractivity contribution in [3.05, 3.63) is 28.5 Å². The minimum absolute atomic E-state index is 0.602. The molecule has 0 aliphatic carbocycles. The fourth-order valence-electron chi connectivity index (χ4n) is 1.12. The molecule has 2 rings (SSSR count). The third-order valence-electron chi connectivity index (χ3n) is 1.82. The molecule has 6 heteroatoms. The molecule has 0 aromatic carbocycles. The standard InChI is InChI=1S/C10H10BrN3OS/c1-3-8-13-7(11)4-9(14-8)16-10-12-6(2)5-15-10/h4-5H,3H2,1-2H3. The van der Waals surface area contributed by atoms with E-state index in [-0.39, 0.29) is 0 Å². The van der Waals surface area contributed by atoms with Gasteiger partial charge in [0, 0.05) is 12.5 Å². The summed E-state index contributed by atoms with van der Waals surface area (Å²) >= 11 is 4.75. The van der Waals surface area contributed by atoms with Crippen LogP contribution >= 0.6 is 27.7 Å². The molecule has 0 bridgehead atoms. The monoisotopic (exact) mass is 299 g/mol. The van der Waals surface area contributed by atoms with E-state index >= 15 is 0 Å². The first-order valence-electron chi connectivity index (χ1n) is 4.81. The Hall–Kier alpha value is -0.880. The molecular formula is C10H10BrN3OS.